The normalized spacial score (nSPS) is 16.0. The van der Waals surface area contributed by atoms with Crippen molar-refractivity contribution in [1.82, 2.24) is 9.78 Å². The Hall–Kier alpha value is -3.21. The van der Waals surface area contributed by atoms with Crippen LogP contribution in [0.3, 0.4) is 0 Å². The number of hydrogen-bond donors (Lipinski definition) is 1. The standard InChI is InChI=1S/C22H21N3O2/c1-13-9-10-17(14(2)11-13)21(27)18-12-19(26)23-22-20(18)15(3)24-25(22)16-7-5-4-6-8-16/h4-11,18H,12H2,1-3H3,(H,23,26). The van der Waals surface area contributed by atoms with Crippen LogP contribution >= 0.6 is 0 Å². The maximum absolute atomic E-state index is 13.3. The van der Waals surface area contributed by atoms with Gasteiger partial charge < -0.3 is 5.32 Å². The molecule has 136 valence electrons. The largest absolute Gasteiger partial charge is 0.310 e. The third-order valence-electron chi connectivity index (χ3n) is 5.07. The van der Waals surface area contributed by atoms with E-state index in [1.165, 1.54) is 0 Å². The second kappa shape index (κ2) is 6.50. The minimum atomic E-state index is -0.521. The van der Waals surface area contributed by atoms with E-state index in [9.17, 15) is 9.59 Å². The molecular weight excluding hydrogens is 338 g/mol. The van der Waals surface area contributed by atoms with E-state index in [0.29, 0.717) is 11.4 Å². The molecule has 2 aromatic carbocycles. The molecule has 0 fully saturated rings. The molecule has 3 aromatic rings. The van der Waals surface area contributed by atoms with Gasteiger partial charge in [0.25, 0.3) is 0 Å². The van der Waals surface area contributed by atoms with Crippen molar-refractivity contribution in [2.75, 3.05) is 5.32 Å². The first-order valence-electron chi connectivity index (χ1n) is 9.02. The number of ketones is 1. The second-order valence-electron chi connectivity index (χ2n) is 7.08. The molecule has 4 rings (SSSR count). The highest BCUT2D eigenvalue weighted by Gasteiger charge is 2.36. The smallest absolute Gasteiger partial charge is 0.226 e. The number of carbonyl (C=O) groups is 2. The number of anilines is 1. The lowest BCUT2D eigenvalue weighted by Gasteiger charge is -2.23. The zero-order chi connectivity index (χ0) is 19.1. The summed E-state index contributed by atoms with van der Waals surface area (Å²) in [5, 5.41) is 7.53. The number of nitrogens with one attached hydrogen (secondary N) is 1. The molecule has 5 heteroatoms. The van der Waals surface area contributed by atoms with Crippen LogP contribution in [0, 0.1) is 20.8 Å². The molecule has 1 aliphatic heterocycles. The van der Waals surface area contributed by atoms with Crippen LogP contribution in [-0.2, 0) is 4.79 Å². The monoisotopic (exact) mass is 359 g/mol. The molecule has 1 aliphatic rings. The lowest BCUT2D eigenvalue weighted by Crippen LogP contribution is -2.28. The van der Waals surface area contributed by atoms with Crippen LogP contribution in [-0.4, -0.2) is 21.5 Å². The predicted molar refractivity (Wildman–Crippen MR) is 105 cm³/mol. The van der Waals surface area contributed by atoms with Crippen LogP contribution in [0.5, 0.6) is 0 Å². The third-order valence-corrected chi connectivity index (χ3v) is 5.07. The minimum absolute atomic E-state index is 0.0284. The van der Waals surface area contributed by atoms with Crippen molar-refractivity contribution < 1.29 is 9.59 Å². The Morgan fingerprint density at radius 1 is 1.11 bits per heavy atom. The van der Waals surface area contributed by atoms with Crippen molar-refractivity contribution in [2.45, 2.75) is 33.1 Å². The summed E-state index contributed by atoms with van der Waals surface area (Å²) >= 11 is 0. The van der Waals surface area contributed by atoms with Gasteiger partial charge in [-0.1, -0.05) is 42.0 Å². The highest BCUT2D eigenvalue weighted by molar-refractivity contribution is 6.08. The Morgan fingerprint density at radius 3 is 2.56 bits per heavy atom. The molecule has 0 bridgehead atoms. The van der Waals surface area contributed by atoms with Crippen LogP contribution in [0.4, 0.5) is 5.82 Å². The van der Waals surface area contributed by atoms with Crippen molar-refractivity contribution in [3.63, 3.8) is 0 Å². The molecule has 1 aromatic heterocycles. The van der Waals surface area contributed by atoms with Crippen LogP contribution in [0.25, 0.3) is 5.69 Å². The SMILES string of the molecule is Cc1ccc(C(=O)C2CC(=O)Nc3c2c(C)nn3-c2ccccc2)c(C)c1. The van der Waals surface area contributed by atoms with Gasteiger partial charge in [0.15, 0.2) is 5.78 Å². The van der Waals surface area contributed by atoms with Gasteiger partial charge in [-0.2, -0.15) is 5.10 Å². The number of nitrogens with zero attached hydrogens (tertiary/aromatic N) is 2. The van der Waals surface area contributed by atoms with Gasteiger partial charge in [-0.05, 0) is 38.5 Å². The average Bonchev–Trinajstić information content (AvgIpc) is 2.98. The summed E-state index contributed by atoms with van der Waals surface area (Å²) in [5.74, 6) is -0.118. The lowest BCUT2D eigenvalue weighted by atomic mass is 9.84. The lowest BCUT2D eigenvalue weighted by molar-refractivity contribution is -0.116. The second-order valence-corrected chi connectivity index (χ2v) is 7.08. The fourth-order valence-corrected chi connectivity index (χ4v) is 3.80. The van der Waals surface area contributed by atoms with E-state index in [-0.39, 0.29) is 18.1 Å². The molecule has 2 heterocycles. The Labute approximate surface area is 158 Å². The number of Topliss-reactive ketones (excluding diaryl/α,β-unsaturated/α-hetero) is 1. The first kappa shape index (κ1) is 17.2. The minimum Gasteiger partial charge on any atom is -0.310 e. The van der Waals surface area contributed by atoms with Gasteiger partial charge in [0, 0.05) is 17.5 Å². The zero-order valence-electron chi connectivity index (χ0n) is 15.6. The van der Waals surface area contributed by atoms with E-state index in [1.54, 1.807) is 4.68 Å². The number of fused-ring (bicyclic) bond motifs is 1. The zero-order valence-corrected chi connectivity index (χ0v) is 15.6. The number of para-hydroxylation sites is 1. The fourth-order valence-electron chi connectivity index (χ4n) is 3.80. The molecule has 0 saturated heterocycles. The van der Waals surface area contributed by atoms with Gasteiger partial charge in [-0.15, -0.1) is 0 Å². The summed E-state index contributed by atoms with van der Waals surface area (Å²) in [4.78, 5) is 25.7. The average molecular weight is 359 g/mol. The summed E-state index contributed by atoms with van der Waals surface area (Å²) in [6.07, 6.45) is 0.139. The number of carbonyl (C=O) groups excluding carboxylic acids is 2. The maximum Gasteiger partial charge on any atom is 0.226 e. The number of aromatic nitrogens is 2. The van der Waals surface area contributed by atoms with Crippen LogP contribution in [0.15, 0.2) is 48.5 Å². The number of amides is 1. The Bertz CT molecular complexity index is 1050. The van der Waals surface area contributed by atoms with E-state index >= 15 is 0 Å². The molecular formula is C22H21N3O2. The third kappa shape index (κ3) is 2.95. The predicted octanol–water partition coefficient (Wildman–Crippen LogP) is 4.11. The van der Waals surface area contributed by atoms with E-state index in [0.717, 1.165) is 28.1 Å². The fraction of sp³-hybridized carbons (Fsp3) is 0.227. The Morgan fingerprint density at radius 2 is 1.85 bits per heavy atom. The molecule has 0 radical (unpaired) electrons. The summed E-state index contributed by atoms with van der Waals surface area (Å²) in [7, 11) is 0. The molecule has 0 aliphatic carbocycles. The first-order valence-corrected chi connectivity index (χ1v) is 9.02. The Balaban J connectivity index is 1.83. The summed E-state index contributed by atoms with van der Waals surface area (Å²) in [6.45, 7) is 5.82. The van der Waals surface area contributed by atoms with E-state index in [4.69, 9.17) is 0 Å². The number of hydrogen-bond acceptors (Lipinski definition) is 3. The highest BCUT2D eigenvalue weighted by Crippen LogP contribution is 2.38. The highest BCUT2D eigenvalue weighted by atomic mass is 16.2. The first-order chi connectivity index (χ1) is 13.0. The van der Waals surface area contributed by atoms with Crippen LogP contribution in [0.2, 0.25) is 0 Å². The molecule has 1 unspecified atom stereocenters. The molecule has 1 N–H and O–H groups in total. The van der Waals surface area contributed by atoms with Gasteiger partial charge in [0.05, 0.1) is 17.3 Å². The van der Waals surface area contributed by atoms with Crippen molar-refractivity contribution in [1.29, 1.82) is 0 Å². The number of rotatable bonds is 3. The molecule has 1 atom stereocenters. The van der Waals surface area contributed by atoms with E-state index in [2.05, 4.69) is 10.4 Å². The van der Waals surface area contributed by atoms with Gasteiger partial charge in [0.2, 0.25) is 5.91 Å². The topological polar surface area (TPSA) is 64.0 Å². The van der Waals surface area contributed by atoms with Crippen LogP contribution < -0.4 is 5.32 Å². The van der Waals surface area contributed by atoms with Gasteiger partial charge >= 0.3 is 0 Å². The number of benzene rings is 2. The van der Waals surface area contributed by atoms with Gasteiger partial charge in [-0.3, -0.25) is 9.59 Å². The van der Waals surface area contributed by atoms with Gasteiger partial charge in [-0.25, -0.2) is 4.68 Å². The molecule has 0 saturated carbocycles. The summed E-state index contributed by atoms with van der Waals surface area (Å²) in [5.41, 5.74) is 5.13. The van der Waals surface area contributed by atoms with Gasteiger partial charge in [0.1, 0.15) is 5.82 Å². The summed E-state index contributed by atoms with van der Waals surface area (Å²) < 4.78 is 1.71. The molecule has 27 heavy (non-hydrogen) atoms. The molecule has 1 amide bonds. The number of aryl methyl sites for hydroxylation is 3. The quantitative estimate of drug-likeness (QED) is 0.716. The van der Waals surface area contributed by atoms with Crippen molar-refractivity contribution in [3.8, 4) is 5.69 Å². The van der Waals surface area contributed by atoms with Crippen molar-refractivity contribution in [3.05, 3.63) is 76.5 Å². The van der Waals surface area contributed by atoms with Crippen molar-refractivity contribution in [2.24, 2.45) is 0 Å². The van der Waals surface area contributed by atoms with Crippen molar-refractivity contribution >= 4 is 17.5 Å². The van der Waals surface area contributed by atoms with E-state index in [1.807, 2.05) is 69.3 Å². The summed E-state index contributed by atoms with van der Waals surface area (Å²) in [6, 6.07) is 15.4. The maximum atomic E-state index is 13.3. The molecule has 0 spiro atoms. The van der Waals surface area contributed by atoms with E-state index < -0.39 is 5.92 Å². The Kier molecular flexibility index (Phi) is 4.15. The van der Waals surface area contributed by atoms with Crippen LogP contribution in [0.1, 0.15) is 45.1 Å². The molecule has 5 nitrogen and oxygen atoms in total.